The van der Waals surface area contributed by atoms with Gasteiger partial charge in [-0.15, -0.1) is 0 Å². The minimum absolute atomic E-state index is 0.0949. The van der Waals surface area contributed by atoms with Crippen LogP contribution in [0.15, 0.2) is 28.9 Å². The molecule has 0 aliphatic heterocycles. The lowest BCUT2D eigenvalue weighted by Crippen LogP contribution is -2.18. The van der Waals surface area contributed by atoms with E-state index in [1.807, 2.05) is 24.4 Å². The number of carbonyl (C=O) groups is 1. The molecule has 0 saturated carbocycles. The fraction of sp³-hybridized carbons (Fsp3) is 0.182. The van der Waals surface area contributed by atoms with E-state index in [0.29, 0.717) is 6.54 Å². The smallest absolute Gasteiger partial charge is 0.178 e. The van der Waals surface area contributed by atoms with Gasteiger partial charge in [0.15, 0.2) is 5.78 Å². The van der Waals surface area contributed by atoms with Gasteiger partial charge in [0, 0.05) is 21.6 Å². The Bertz CT molecular complexity index is 504. The summed E-state index contributed by atoms with van der Waals surface area (Å²) in [7, 11) is 1.77. The van der Waals surface area contributed by atoms with Gasteiger partial charge < -0.3 is 10.3 Å². The van der Waals surface area contributed by atoms with Gasteiger partial charge in [-0.05, 0) is 29.0 Å². The third-order valence-electron chi connectivity index (χ3n) is 2.30. The molecule has 0 unspecified atom stereocenters. The lowest BCUT2D eigenvalue weighted by atomic mass is 10.1. The number of aromatic amines is 1. The van der Waals surface area contributed by atoms with Crippen molar-refractivity contribution in [3.05, 3.63) is 34.4 Å². The van der Waals surface area contributed by atoms with Gasteiger partial charge in [0.25, 0.3) is 0 Å². The highest BCUT2D eigenvalue weighted by molar-refractivity contribution is 9.10. The van der Waals surface area contributed by atoms with Crippen molar-refractivity contribution >= 4 is 32.6 Å². The van der Waals surface area contributed by atoms with Gasteiger partial charge in [-0.3, -0.25) is 4.79 Å². The molecule has 1 aromatic heterocycles. The topological polar surface area (TPSA) is 44.9 Å². The number of para-hydroxylation sites is 1. The van der Waals surface area contributed by atoms with Crippen LogP contribution in [0.3, 0.4) is 0 Å². The fourth-order valence-corrected chi connectivity index (χ4v) is 2.05. The number of likely N-dealkylation sites (N-methyl/N-ethyl adjacent to an activating group) is 1. The van der Waals surface area contributed by atoms with E-state index in [1.165, 1.54) is 0 Å². The Labute approximate surface area is 96.0 Å². The number of Topliss-reactive ketones (excluding diaryl/α,β-unsaturated/α-hetero) is 1. The molecule has 0 atom stereocenters. The summed E-state index contributed by atoms with van der Waals surface area (Å²) in [4.78, 5) is 14.9. The van der Waals surface area contributed by atoms with E-state index in [-0.39, 0.29) is 5.78 Å². The predicted octanol–water partition coefficient (Wildman–Crippen LogP) is 2.33. The molecule has 2 rings (SSSR count). The van der Waals surface area contributed by atoms with Crippen LogP contribution in [0.5, 0.6) is 0 Å². The Kier molecular flexibility index (Phi) is 2.88. The van der Waals surface area contributed by atoms with E-state index >= 15 is 0 Å². The van der Waals surface area contributed by atoms with Crippen LogP contribution in [0, 0.1) is 0 Å². The van der Waals surface area contributed by atoms with Crippen LogP contribution in [0.4, 0.5) is 0 Å². The zero-order valence-electron chi connectivity index (χ0n) is 8.30. The number of fused-ring (bicyclic) bond motifs is 1. The number of nitrogens with one attached hydrogen (secondary N) is 2. The zero-order valence-corrected chi connectivity index (χ0v) is 9.89. The number of hydrogen-bond donors (Lipinski definition) is 2. The summed E-state index contributed by atoms with van der Waals surface area (Å²) in [6, 6.07) is 5.71. The molecule has 1 aromatic carbocycles. The van der Waals surface area contributed by atoms with E-state index in [1.54, 1.807) is 7.05 Å². The summed E-state index contributed by atoms with van der Waals surface area (Å²) in [5.74, 6) is 0.0949. The molecule has 0 spiro atoms. The number of ketones is 1. The maximum absolute atomic E-state index is 11.8. The second-order valence-electron chi connectivity index (χ2n) is 3.32. The Morgan fingerprint density at radius 3 is 3.07 bits per heavy atom. The first-order valence-electron chi connectivity index (χ1n) is 4.67. The molecule has 0 aliphatic rings. The van der Waals surface area contributed by atoms with E-state index < -0.39 is 0 Å². The highest BCUT2D eigenvalue weighted by atomic mass is 79.9. The molecule has 3 nitrogen and oxygen atoms in total. The van der Waals surface area contributed by atoms with Crippen LogP contribution in [-0.4, -0.2) is 24.4 Å². The van der Waals surface area contributed by atoms with Crippen LogP contribution in [-0.2, 0) is 0 Å². The van der Waals surface area contributed by atoms with Crippen molar-refractivity contribution in [1.82, 2.24) is 10.3 Å². The normalized spacial score (nSPS) is 10.8. The van der Waals surface area contributed by atoms with Crippen molar-refractivity contribution < 1.29 is 4.79 Å². The highest BCUT2D eigenvalue weighted by Gasteiger charge is 2.11. The molecular weight excluding hydrogens is 256 g/mol. The molecule has 0 saturated heterocycles. The Hall–Kier alpha value is -1.13. The van der Waals surface area contributed by atoms with Gasteiger partial charge in [-0.1, -0.05) is 12.1 Å². The molecule has 4 heteroatoms. The summed E-state index contributed by atoms with van der Waals surface area (Å²) >= 11 is 3.43. The Morgan fingerprint density at radius 2 is 2.33 bits per heavy atom. The highest BCUT2D eigenvalue weighted by Crippen LogP contribution is 2.25. The summed E-state index contributed by atoms with van der Waals surface area (Å²) in [5, 5.41) is 3.90. The average molecular weight is 267 g/mol. The number of rotatable bonds is 3. The van der Waals surface area contributed by atoms with Gasteiger partial charge in [0.2, 0.25) is 0 Å². The zero-order chi connectivity index (χ0) is 10.8. The quantitative estimate of drug-likeness (QED) is 0.838. The van der Waals surface area contributed by atoms with Crippen molar-refractivity contribution in [1.29, 1.82) is 0 Å². The van der Waals surface area contributed by atoms with Crippen LogP contribution in [0.25, 0.3) is 10.9 Å². The van der Waals surface area contributed by atoms with Crippen LogP contribution in [0.1, 0.15) is 10.4 Å². The standard InChI is InChI=1S/C11H11BrN2O/c1-13-6-10(15)8-4-2-3-7-9(12)5-14-11(7)8/h2-5,13-14H,6H2,1H3. The molecule has 78 valence electrons. The maximum Gasteiger partial charge on any atom is 0.178 e. The number of benzene rings is 1. The minimum atomic E-state index is 0.0949. The van der Waals surface area contributed by atoms with E-state index in [9.17, 15) is 4.79 Å². The molecule has 2 N–H and O–H groups in total. The minimum Gasteiger partial charge on any atom is -0.359 e. The van der Waals surface area contributed by atoms with Crippen LogP contribution >= 0.6 is 15.9 Å². The van der Waals surface area contributed by atoms with Crippen molar-refractivity contribution in [2.45, 2.75) is 0 Å². The number of carbonyl (C=O) groups excluding carboxylic acids is 1. The van der Waals surface area contributed by atoms with E-state index in [4.69, 9.17) is 0 Å². The first kappa shape index (κ1) is 10.4. The number of H-pyrrole nitrogens is 1. The summed E-state index contributed by atoms with van der Waals surface area (Å²) in [5.41, 5.74) is 1.62. The molecule has 0 radical (unpaired) electrons. The van der Waals surface area contributed by atoms with Gasteiger partial charge in [-0.2, -0.15) is 0 Å². The molecule has 15 heavy (non-hydrogen) atoms. The molecule has 0 fully saturated rings. The lowest BCUT2D eigenvalue weighted by Gasteiger charge is -2.01. The first-order chi connectivity index (χ1) is 7.24. The van der Waals surface area contributed by atoms with Crippen molar-refractivity contribution in [3.8, 4) is 0 Å². The van der Waals surface area contributed by atoms with Gasteiger partial charge in [-0.25, -0.2) is 0 Å². The monoisotopic (exact) mass is 266 g/mol. The van der Waals surface area contributed by atoms with Crippen molar-refractivity contribution in [2.75, 3.05) is 13.6 Å². The number of hydrogen-bond acceptors (Lipinski definition) is 2. The summed E-state index contributed by atoms with van der Waals surface area (Å²) < 4.78 is 0.983. The molecule has 0 bridgehead atoms. The van der Waals surface area contributed by atoms with Crippen molar-refractivity contribution in [3.63, 3.8) is 0 Å². The fourth-order valence-electron chi connectivity index (χ4n) is 1.61. The van der Waals surface area contributed by atoms with Crippen LogP contribution in [0.2, 0.25) is 0 Å². The Balaban J connectivity index is 2.56. The molecule has 1 heterocycles. The third-order valence-corrected chi connectivity index (χ3v) is 2.96. The molecular formula is C11H11BrN2O. The largest absolute Gasteiger partial charge is 0.359 e. The third kappa shape index (κ3) is 1.82. The van der Waals surface area contributed by atoms with Gasteiger partial charge in [0.1, 0.15) is 0 Å². The van der Waals surface area contributed by atoms with E-state index in [2.05, 4.69) is 26.2 Å². The predicted molar refractivity (Wildman–Crippen MR) is 64.3 cm³/mol. The average Bonchev–Trinajstić information content (AvgIpc) is 2.61. The second-order valence-corrected chi connectivity index (χ2v) is 4.17. The number of aromatic nitrogens is 1. The SMILES string of the molecule is CNCC(=O)c1cccc2c(Br)c[nH]c12. The molecule has 2 aromatic rings. The summed E-state index contributed by atoms with van der Waals surface area (Å²) in [6.07, 6.45) is 1.85. The molecule has 0 aliphatic carbocycles. The first-order valence-corrected chi connectivity index (χ1v) is 5.46. The summed E-state index contributed by atoms with van der Waals surface area (Å²) in [6.45, 7) is 0.357. The van der Waals surface area contributed by atoms with Crippen LogP contribution < -0.4 is 5.32 Å². The van der Waals surface area contributed by atoms with E-state index in [0.717, 1.165) is 20.9 Å². The van der Waals surface area contributed by atoms with Gasteiger partial charge >= 0.3 is 0 Å². The Morgan fingerprint density at radius 1 is 1.53 bits per heavy atom. The van der Waals surface area contributed by atoms with Crippen molar-refractivity contribution in [2.24, 2.45) is 0 Å². The number of halogens is 1. The molecule has 0 amide bonds. The maximum atomic E-state index is 11.8. The lowest BCUT2D eigenvalue weighted by molar-refractivity contribution is 0.0995. The second kappa shape index (κ2) is 4.16. The van der Waals surface area contributed by atoms with Gasteiger partial charge in [0.05, 0.1) is 12.1 Å².